The largest absolute Gasteiger partial charge is 0.350 e. The Labute approximate surface area is 153 Å². The molecule has 0 saturated carbocycles. The summed E-state index contributed by atoms with van der Waals surface area (Å²) in [5.74, 6) is 1.53. The van der Waals surface area contributed by atoms with Crippen molar-refractivity contribution in [2.45, 2.75) is 32.2 Å². The first-order chi connectivity index (χ1) is 12.0. The second-order valence-corrected chi connectivity index (χ2v) is 9.19. The number of amides is 2. The molecule has 0 aromatic carbocycles. The van der Waals surface area contributed by atoms with Gasteiger partial charge < -0.3 is 15.1 Å². The van der Waals surface area contributed by atoms with E-state index in [1.54, 1.807) is 0 Å². The van der Waals surface area contributed by atoms with E-state index in [1.165, 1.54) is 11.3 Å². The van der Waals surface area contributed by atoms with Gasteiger partial charge in [0.1, 0.15) is 0 Å². The first-order valence-electron chi connectivity index (χ1n) is 9.36. The monoisotopic (exact) mass is 361 g/mol. The number of fused-ring (bicyclic) bond motifs is 2. The number of nitrogens with zero attached hydrogens (tertiary/aromatic N) is 2. The van der Waals surface area contributed by atoms with Gasteiger partial charge in [0.15, 0.2) is 0 Å². The Kier molecular flexibility index (Phi) is 4.36. The Balaban J connectivity index is 1.43. The minimum absolute atomic E-state index is 0.0975. The molecule has 0 radical (unpaired) electrons. The molecule has 1 aromatic rings. The number of thiophene rings is 1. The fourth-order valence-corrected chi connectivity index (χ4v) is 5.66. The molecule has 5 nitrogen and oxygen atoms in total. The van der Waals surface area contributed by atoms with Gasteiger partial charge in [-0.1, -0.05) is 19.9 Å². The molecule has 2 atom stereocenters. The van der Waals surface area contributed by atoms with Crippen molar-refractivity contribution < 1.29 is 9.59 Å². The van der Waals surface area contributed by atoms with Gasteiger partial charge in [-0.15, -0.1) is 11.3 Å². The van der Waals surface area contributed by atoms with E-state index in [9.17, 15) is 9.59 Å². The van der Waals surface area contributed by atoms with E-state index in [1.807, 2.05) is 22.4 Å². The van der Waals surface area contributed by atoms with E-state index in [2.05, 4.69) is 24.1 Å². The first-order valence-corrected chi connectivity index (χ1v) is 10.2. The molecule has 25 heavy (non-hydrogen) atoms. The Morgan fingerprint density at radius 1 is 1.36 bits per heavy atom. The Hall–Kier alpha value is -1.40. The summed E-state index contributed by atoms with van der Waals surface area (Å²) in [5, 5.41) is 5.29. The third-order valence-corrected chi connectivity index (χ3v) is 6.97. The molecule has 1 aromatic heterocycles. The van der Waals surface area contributed by atoms with Crippen LogP contribution >= 0.6 is 11.3 Å². The second-order valence-electron chi connectivity index (χ2n) is 8.24. The van der Waals surface area contributed by atoms with Crippen LogP contribution in [0.4, 0.5) is 0 Å². The average molecular weight is 362 g/mol. The van der Waals surface area contributed by atoms with Crippen LogP contribution in [-0.4, -0.2) is 59.9 Å². The molecule has 4 heterocycles. The van der Waals surface area contributed by atoms with Gasteiger partial charge in [-0.3, -0.25) is 9.59 Å². The molecule has 2 amide bonds. The topological polar surface area (TPSA) is 52.7 Å². The number of hydrogen-bond donors (Lipinski definition) is 1. The lowest BCUT2D eigenvalue weighted by atomic mass is 9.75. The highest BCUT2D eigenvalue weighted by molar-refractivity contribution is 7.12. The van der Waals surface area contributed by atoms with Crippen molar-refractivity contribution in [3.63, 3.8) is 0 Å². The maximum atomic E-state index is 12.6. The van der Waals surface area contributed by atoms with Gasteiger partial charge in [0.25, 0.3) is 5.91 Å². The fraction of sp³-hybridized carbons (Fsp3) is 0.684. The highest BCUT2D eigenvalue weighted by Crippen LogP contribution is 2.44. The van der Waals surface area contributed by atoms with Gasteiger partial charge in [-0.2, -0.15) is 0 Å². The zero-order valence-electron chi connectivity index (χ0n) is 15.0. The summed E-state index contributed by atoms with van der Waals surface area (Å²) in [5.41, 5.74) is -0.0975. The van der Waals surface area contributed by atoms with E-state index in [4.69, 9.17) is 0 Å². The Bertz CT molecular complexity index is 650. The highest BCUT2D eigenvalue weighted by atomic mass is 32.1. The van der Waals surface area contributed by atoms with Crippen LogP contribution in [0.25, 0.3) is 0 Å². The number of nitrogens with one attached hydrogen (secondary N) is 1. The van der Waals surface area contributed by atoms with Crippen molar-refractivity contribution >= 4 is 23.2 Å². The summed E-state index contributed by atoms with van der Waals surface area (Å²) in [6, 6.07) is 3.82. The average Bonchev–Trinajstić information content (AvgIpc) is 3.27. The van der Waals surface area contributed by atoms with Crippen LogP contribution in [0.1, 0.15) is 36.4 Å². The van der Waals surface area contributed by atoms with Crippen molar-refractivity contribution in [1.29, 1.82) is 0 Å². The molecule has 1 spiro atoms. The summed E-state index contributed by atoms with van der Waals surface area (Å²) < 4.78 is 0. The molecule has 0 unspecified atom stereocenters. The molecule has 0 bridgehead atoms. The molecule has 3 aliphatic heterocycles. The van der Waals surface area contributed by atoms with E-state index >= 15 is 0 Å². The quantitative estimate of drug-likeness (QED) is 0.897. The molecule has 3 aliphatic rings. The minimum Gasteiger partial charge on any atom is -0.350 e. The minimum atomic E-state index is -0.0975. The zero-order valence-corrected chi connectivity index (χ0v) is 15.8. The number of rotatable bonds is 3. The summed E-state index contributed by atoms with van der Waals surface area (Å²) in [6.45, 7) is 8.93. The van der Waals surface area contributed by atoms with Crippen LogP contribution in [0.15, 0.2) is 17.5 Å². The van der Waals surface area contributed by atoms with E-state index in [0.29, 0.717) is 11.8 Å². The van der Waals surface area contributed by atoms with Gasteiger partial charge >= 0.3 is 0 Å². The van der Waals surface area contributed by atoms with Crippen molar-refractivity contribution in [3.05, 3.63) is 22.4 Å². The third-order valence-electron chi connectivity index (χ3n) is 6.11. The molecule has 3 fully saturated rings. The Morgan fingerprint density at radius 3 is 2.76 bits per heavy atom. The predicted molar refractivity (Wildman–Crippen MR) is 98.6 cm³/mol. The molecule has 136 valence electrons. The fourth-order valence-electron chi connectivity index (χ4n) is 4.97. The van der Waals surface area contributed by atoms with Crippen LogP contribution in [0, 0.1) is 17.8 Å². The van der Waals surface area contributed by atoms with Gasteiger partial charge in [0.05, 0.1) is 10.8 Å². The van der Waals surface area contributed by atoms with Gasteiger partial charge in [0.2, 0.25) is 5.91 Å². The number of hydrogen-bond acceptors (Lipinski definition) is 4. The van der Waals surface area contributed by atoms with Crippen molar-refractivity contribution in [3.8, 4) is 0 Å². The summed E-state index contributed by atoms with van der Waals surface area (Å²) >= 11 is 1.50. The van der Waals surface area contributed by atoms with Crippen LogP contribution in [0.5, 0.6) is 0 Å². The van der Waals surface area contributed by atoms with Crippen LogP contribution < -0.4 is 5.32 Å². The SMILES string of the molecule is CC(C)CN1C[C@H]2C(=O)NC3(CCN(C(=O)c4cccs4)CC3)[C@H]2C1. The van der Waals surface area contributed by atoms with Gasteiger partial charge in [-0.05, 0) is 30.2 Å². The summed E-state index contributed by atoms with van der Waals surface area (Å²) in [4.78, 5) is 30.3. The smallest absolute Gasteiger partial charge is 0.263 e. The van der Waals surface area contributed by atoms with Gasteiger partial charge in [0, 0.05) is 44.2 Å². The predicted octanol–water partition coefficient (Wildman–Crippen LogP) is 2.06. The molecular formula is C19H27N3O2S. The summed E-state index contributed by atoms with van der Waals surface area (Å²) in [6.07, 6.45) is 1.76. The number of likely N-dealkylation sites (tertiary alicyclic amines) is 2. The molecule has 1 N–H and O–H groups in total. The first kappa shape index (κ1) is 17.0. The summed E-state index contributed by atoms with van der Waals surface area (Å²) in [7, 11) is 0. The zero-order chi connectivity index (χ0) is 17.6. The maximum absolute atomic E-state index is 12.6. The standard InChI is InChI=1S/C19H27N3O2S/c1-13(2)10-21-11-14-15(12-21)19(20-17(14)23)5-7-22(8-6-19)18(24)16-4-3-9-25-16/h3-4,9,13-15H,5-8,10-12H2,1-2H3,(H,20,23)/t14-,15+/m1/s1. The van der Waals surface area contributed by atoms with Crippen LogP contribution in [-0.2, 0) is 4.79 Å². The van der Waals surface area contributed by atoms with Crippen LogP contribution in [0.2, 0.25) is 0 Å². The van der Waals surface area contributed by atoms with Crippen LogP contribution in [0.3, 0.4) is 0 Å². The van der Waals surface area contributed by atoms with Crippen molar-refractivity contribution in [2.24, 2.45) is 17.8 Å². The van der Waals surface area contributed by atoms with Crippen molar-refractivity contribution in [2.75, 3.05) is 32.7 Å². The second kappa shape index (κ2) is 6.40. The highest BCUT2D eigenvalue weighted by Gasteiger charge is 2.57. The molecular weight excluding hydrogens is 334 g/mol. The molecule has 4 rings (SSSR count). The lowest BCUT2D eigenvalue weighted by molar-refractivity contribution is -0.123. The maximum Gasteiger partial charge on any atom is 0.263 e. The van der Waals surface area contributed by atoms with E-state index < -0.39 is 0 Å². The number of carbonyl (C=O) groups is 2. The third kappa shape index (κ3) is 2.99. The lowest BCUT2D eigenvalue weighted by Gasteiger charge is -2.42. The normalized spacial score (nSPS) is 28.6. The lowest BCUT2D eigenvalue weighted by Crippen LogP contribution is -2.56. The molecule has 0 aliphatic carbocycles. The Morgan fingerprint density at radius 2 is 2.12 bits per heavy atom. The number of piperidine rings is 1. The molecule has 3 saturated heterocycles. The molecule has 6 heteroatoms. The van der Waals surface area contributed by atoms with Crippen molar-refractivity contribution in [1.82, 2.24) is 15.1 Å². The van der Waals surface area contributed by atoms with E-state index in [-0.39, 0.29) is 23.3 Å². The van der Waals surface area contributed by atoms with Gasteiger partial charge in [-0.25, -0.2) is 0 Å². The number of carbonyl (C=O) groups excluding carboxylic acids is 2. The van der Waals surface area contributed by atoms with E-state index in [0.717, 1.165) is 50.4 Å².